The van der Waals surface area contributed by atoms with Crippen LogP contribution in [0.2, 0.25) is 0 Å². The maximum Gasteiger partial charge on any atom is 0.306 e. The van der Waals surface area contributed by atoms with Gasteiger partial charge in [-0.3, -0.25) is 4.79 Å². The van der Waals surface area contributed by atoms with E-state index in [4.69, 9.17) is 0 Å². The van der Waals surface area contributed by atoms with E-state index in [2.05, 4.69) is 10.1 Å². The molecule has 0 unspecified atom stereocenters. The number of esters is 1. The normalized spacial score (nSPS) is 21.9. The molecule has 116 valence electrons. The van der Waals surface area contributed by atoms with Crippen LogP contribution in [-0.4, -0.2) is 57.2 Å². The van der Waals surface area contributed by atoms with Crippen LogP contribution in [0.5, 0.6) is 0 Å². The van der Waals surface area contributed by atoms with Gasteiger partial charge < -0.3 is 10.1 Å². The molecule has 0 atom stereocenters. The first-order valence-corrected chi connectivity index (χ1v) is 8.90. The molecule has 1 saturated heterocycles. The van der Waals surface area contributed by atoms with Crippen molar-refractivity contribution in [1.29, 1.82) is 0 Å². The molecule has 6 nitrogen and oxygen atoms in total. The van der Waals surface area contributed by atoms with Crippen molar-refractivity contribution in [2.45, 2.75) is 38.1 Å². The molecule has 0 radical (unpaired) electrons. The van der Waals surface area contributed by atoms with E-state index < -0.39 is 16.0 Å². The van der Waals surface area contributed by atoms with Crippen LogP contribution in [0.3, 0.4) is 0 Å². The molecule has 20 heavy (non-hydrogen) atoms. The van der Waals surface area contributed by atoms with Crippen LogP contribution in [0.1, 0.15) is 32.1 Å². The van der Waals surface area contributed by atoms with Crippen molar-refractivity contribution in [3.63, 3.8) is 0 Å². The number of rotatable bonds is 7. The first kappa shape index (κ1) is 15.7. The van der Waals surface area contributed by atoms with Gasteiger partial charge in [0.25, 0.3) is 0 Å². The Morgan fingerprint density at radius 2 is 1.90 bits per heavy atom. The van der Waals surface area contributed by atoms with E-state index in [1.54, 1.807) is 0 Å². The van der Waals surface area contributed by atoms with E-state index in [1.807, 2.05) is 0 Å². The molecule has 0 bridgehead atoms. The van der Waals surface area contributed by atoms with Crippen molar-refractivity contribution in [2.75, 3.05) is 32.5 Å². The summed E-state index contributed by atoms with van der Waals surface area (Å²) in [6.07, 6.45) is 4.29. The summed E-state index contributed by atoms with van der Waals surface area (Å²) in [6, 6.07) is 0.433. The van der Waals surface area contributed by atoms with Crippen molar-refractivity contribution >= 4 is 16.0 Å². The lowest BCUT2D eigenvalue weighted by molar-refractivity contribution is -0.140. The van der Waals surface area contributed by atoms with Gasteiger partial charge in [0, 0.05) is 19.1 Å². The molecule has 0 aromatic heterocycles. The largest absolute Gasteiger partial charge is 0.469 e. The summed E-state index contributed by atoms with van der Waals surface area (Å²) >= 11 is 0. The number of hydrogen-bond acceptors (Lipinski definition) is 5. The Balaban J connectivity index is 1.72. The van der Waals surface area contributed by atoms with Crippen molar-refractivity contribution in [2.24, 2.45) is 5.92 Å². The predicted octanol–water partition coefficient (Wildman–Crippen LogP) is 0.343. The smallest absolute Gasteiger partial charge is 0.306 e. The molecule has 1 aliphatic heterocycles. The number of carbonyl (C=O) groups excluding carboxylic acids is 1. The Bertz CT molecular complexity index is 426. The third-order valence-corrected chi connectivity index (χ3v) is 5.90. The summed E-state index contributed by atoms with van der Waals surface area (Å²) in [5, 5.41) is 3.52. The highest BCUT2D eigenvalue weighted by molar-refractivity contribution is 7.89. The van der Waals surface area contributed by atoms with Crippen molar-refractivity contribution in [1.82, 2.24) is 9.62 Å². The van der Waals surface area contributed by atoms with Crippen molar-refractivity contribution in [3.05, 3.63) is 0 Å². The third kappa shape index (κ3) is 4.71. The molecule has 0 aromatic carbocycles. The van der Waals surface area contributed by atoms with E-state index in [-0.39, 0.29) is 12.2 Å². The number of piperidine rings is 1. The van der Waals surface area contributed by atoms with Crippen LogP contribution >= 0.6 is 0 Å². The molecule has 0 spiro atoms. The minimum Gasteiger partial charge on any atom is -0.469 e. The summed E-state index contributed by atoms with van der Waals surface area (Å²) < 4.78 is 30.2. The highest BCUT2D eigenvalue weighted by Gasteiger charge is 2.29. The van der Waals surface area contributed by atoms with Gasteiger partial charge in [0.15, 0.2) is 0 Å². The molecule has 2 rings (SSSR count). The maximum absolute atomic E-state index is 12.1. The lowest BCUT2D eigenvalue weighted by Gasteiger charge is -2.31. The Kier molecular flexibility index (Phi) is 5.40. The molecule has 1 heterocycles. The zero-order valence-corrected chi connectivity index (χ0v) is 12.8. The van der Waals surface area contributed by atoms with Gasteiger partial charge in [-0.05, 0) is 38.1 Å². The predicted molar refractivity (Wildman–Crippen MR) is 75.7 cm³/mol. The second-order valence-electron chi connectivity index (χ2n) is 5.67. The SMILES string of the molecule is COC(=O)CCS(=O)(=O)N1CCC(NCC2CC2)CC1. The minimum absolute atomic E-state index is 0.0707. The molecule has 1 N–H and O–H groups in total. The molecule has 1 saturated carbocycles. The van der Waals surface area contributed by atoms with Gasteiger partial charge in [-0.15, -0.1) is 0 Å². The standard InChI is InChI=1S/C13H24N2O4S/c1-19-13(16)6-9-20(17,18)15-7-4-12(5-8-15)14-10-11-2-3-11/h11-12,14H,2-10H2,1H3. The lowest BCUT2D eigenvalue weighted by Crippen LogP contribution is -2.46. The Labute approximate surface area is 120 Å². The van der Waals surface area contributed by atoms with Crippen LogP contribution in [0, 0.1) is 5.92 Å². The van der Waals surface area contributed by atoms with Gasteiger partial charge in [-0.25, -0.2) is 12.7 Å². The summed E-state index contributed by atoms with van der Waals surface area (Å²) in [7, 11) is -2.06. The van der Waals surface area contributed by atoms with Crippen molar-refractivity contribution < 1.29 is 17.9 Å². The second-order valence-corrected chi connectivity index (χ2v) is 7.76. The summed E-state index contributed by atoms with van der Waals surface area (Å²) in [5.74, 6) is 0.214. The summed E-state index contributed by atoms with van der Waals surface area (Å²) in [4.78, 5) is 11.0. The van der Waals surface area contributed by atoms with Gasteiger partial charge >= 0.3 is 5.97 Å². The highest BCUT2D eigenvalue weighted by Crippen LogP contribution is 2.28. The fraction of sp³-hybridized carbons (Fsp3) is 0.923. The van der Waals surface area contributed by atoms with Crippen LogP contribution in [-0.2, 0) is 19.6 Å². The van der Waals surface area contributed by atoms with Crippen LogP contribution < -0.4 is 5.32 Å². The number of sulfonamides is 1. The minimum atomic E-state index is -3.33. The van der Waals surface area contributed by atoms with E-state index in [1.165, 1.54) is 24.3 Å². The average molecular weight is 304 g/mol. The molecule has 2 aliphatic rings. The number of nitrogens with one attached hydrogen (secondary N) is 1. The number of carbonyl (C=O) groups is 1. The first-order valence-electron chi connectivity index (χ1n) is 7.29. The Hall–Kier alpha value is -0.660. The first-order chi connectivity index (χ1) is 9.51. The zero-order valence-electron chi connectivity index (χ0n) is 12.0. The number of methoxy groups -OCH3 is 1. The maximum atomic E-state index is 12.1. The molecule has 0 aromatic rings. The topological polar surface area (TPSA) is 75.7 Å². The van der Waals surface area contributed by atoms with Gasteiger partial charge in [0.05, 0.1) is 19.3 Å². The number of hydrogen-bond donors (Lipinski definition) is 1. The molecule has 0 amide bonds. The number of nitrogens with zero attached hydrogens (tertiary/aromatic N) is 1. The zero-order chi connectivity index (χ0) is 14.6. The lowest BCUT2D eigenvalue weighted by atomic mass is 10.1. The van der Waals surface area contributed by atoms with Gasteiger partial charge in [0.1, 0.15) is 0 Å². The van der Waals surface area contributed by atoms with Gasteiger partial charge in [0.2, 0.25) is 10.0 Å². The van der Waals surface area contributed by atoms with E-state index in [0.29, 0.717) is 19.1 Å². The van der Waals surface area contributed by atoms with Crippen LogP contribution in [0.15, 0.2) is 0 Å². The van der Waals surface area contributed by atoms with Crippen LogP contribution in [0.25, 0.3) is 0 Å². The van der Waals surface area contributed by atoms with Crippen LogP contribution in [0.4, 0.5) is 0 Å². The molecule has 1 aliphatic carbocycles. The number of ether oxygens (including phenoxy) is 1. The van der Waals surface area contributed by atoms with Crippen molar-refractivity contribution in [3.8, 4) is 0 Å². The van der Waals surface area contributed by atoms with Gasteiger partial charge in [-0.1, -0.05) is 0 Å². The van der Waals surface area contributed by atoms with E-state index in [9.17, 15) is 13.2 Å². The molecular weight excluding hydrogens is 280 g/mol. The van der Waals surface area contributed by atoms with E-state index in [0.717, 1.165) is 25.3 Å². The molecule has 7 heteroatoms. The third-order valence-electron chi connectivity index (χ3n) is 4.03. The Morgan fingerprint density at radius 1 is 1.25 bits per heavy atom. The summed E-state index contributed by atoms with van der Waals surface area (Å²) in [5.41, 5.74) is 0. The molecular formula is C13H24N2O4S. The van der Waals surface area contributed by atoms with Gasteiger partial charge in [-0.2, -0.15) is 0 Å². The molecule has 2 fully saturated rings. The quantitative estimate of drug-likeness (QED) is 0.687. The average Bonchev–Trinajstić information content (AvgIpc) is 3.27. The monoisotopic (exact) mass is 304 g/mol. The second kappa shape index (κ2) is 6.87. The Morgan fingerprint density at radius 3 is 2.45 bits per heavy atom. The highest BCUT2D eigenvalue weighted by atomic mass is 32.2. The fourth-order valence-corrected chi connectivity index (χ4v) is 3.89. The summed E-state index contributed by atoms with van der Waals surface area (Å²) in [6.45, 7) is 2.16. The van der Waals surface area contributed by atoms with E-state index >= 15 is 0 Å². The fourth-order valence-electron chi connectivity index (χ4n) is 2.44.